The molecule has 1 aromatic rings. The van der Waals surface area contributed by atoms with Gasteiger partial charge in [-0.25, -0.2) is 0 Å². The topological polar surface area (TPSA) is 0 Å². The van der Waals surface area contributed by atoms with Gasteiger partial charge in [-0.3, -0.25) is 0 Å². The lowest BCUT2D eigenvalue weighted by Gasteiger charge is -2.14. The molecule has 0 radical (unpaired) electrons. The van der Waals surface area contributed by atoms with Crippen molar-refractivity contribution >= 4 is 0 Å². The van der Waals surface area contributed by atoms with Crippen LogP contribution in [0, 0.1) is 5.92 Å². The largest absolute Gasteiger partial charge is 0.0882 e. The van der Waals surface area contributed by atoms with E-state index in [9.17, 15) is 0 Å². The summed E-state index contributed by atoms with van der Waals surface area (Å²) in [6.45, 7) is 6.68. The van der Waals surface area contributed by atoms with Gasteiger partial charge >= 0.3 is 0 Å². The Labute approximate surface area is 87.7 Å². The van der Waals surface area contributed by atoms with Gasteiger partial charge in [0.1, 0.15) is 0 Å². The number of allylic oxidation sites excluding steroid dienone is 2. The highest BCUT2D eigenvalue weighted by Gasteiger charge is 2.06. The number of hydrogen-bond acceptors (Lipinski definition) is 0. The summed E-state index contributed by atoms with van der Waals surface area (Å²) in [5.74, 6) is 0.674. The summed E-state index contributed by atoms with van der Waals surface area (Å²) in [6.07, 6.45) is 4.59. The Kier molecular flexibility index (Phi) is 4.45. The maximum absolute atomic E-state index is 2.31. The molecule has 0 unspecified atom stereocenters. The van der Waals surface area contributed by atoms with E-state index < -0.39 is 0 Å². The highest BCUT2D eigenvalue weighted by Crippen LogP contribution is 2.18. The van der Waals surface area contributed by atoms with E-state index in [1.54, 1.807) is 5.57 Å². The highest BCUT2D eigenvalue weighted by atomic mass is 14.1. The van der Waals surface area contributed by atoms with Crippen LogP contribution in [0.5, 0.6) is 0 Å². The normalized spacial score (nSPS) is 14.1. The quantitative estimate of drug-likeness (QED) is 0.620. The van der Waals surface area contributed by atoms with Gasteiger partial charge in [-0.15, -0.1) is 0 Å². The summed E-state index contributed by atoms with van der Waals surface area (Å²) in [5.41, 5.74) is 3.00. The Morgan fingerprint density at radius 3 is 2.43 bits per heavy atom. The third-order valence-corrected chi connectivity index (χ3v) is 2.80. The van der Waals surface area contributed by atoms with E-state index in [2.05, 4.69) is 57.2 Å². The molecule has 0 saturated heterocycles. The first-order valence-electron chi connectivity index (χ1n) is 5.47. The van der Waals surface area contributed by atoms with Crippen LogP contribution in [0.4, 0.5) is 0 Å². The maximum atomic E-state index is 2.31. The molecule has 0 aliphatic rings. The Hall–Kier alpha value is -1.04. The van der Waals surface area contributed by atoms with Crippen LogP contribution >= 0.6 is 0 Å². The van der Waals surface area contributed by atoms with E-state index >= 15 is 0 Å². The Bertz CT molecular complexity index is 282. The van der Waals surface area contributed by atoms with Crippen molar-refractivity contribution in [3.8, 4) is 0 Å². The SMILES string of the molecule is C/C=C(/CC)[C@H](C)Cc1ccccc1. The van der Waals surface area contributed by atoms with Crippen LogP contribution < -0.4 is 0 Å². The average Bonchev–Trinajstić information content (AvgIpc) is 2.21. The lowest BCUT2D eigenvalue weighted by Crippen LogP contribution is -2.02. The van der Waals surface area contributed by atoms with Crippen LogP contribution in [0.3, 0.4) is 0 Å². The average molecular weight is 188 g/mol. The van der Waals surface area contributed by atoms with Crippen molar-refractivity contribution in [2.75, 3.05) is 0 Å². The van der Waals surface area contributed by atoms with Gasteiger partial charge in [0.2, 0.25) is 0 Å². The predicted molar refractivity (Wildman–Crippen MR) is 63.4 cm³/mol. The Morgan fingerprint density at radius 2 is 1.93 bits per heavy atom. The number of rotatable bonds is 4. The molecular weight excluding hydrogens is 168 g/mol. The lowest BCUT2D eigenvalue weighted by molar-refractivity contribution is 0.651. The lowest BCUT2D eigenvalue weighted by atomic mass is 9.92. The van der Waals surface area contributed by atoms with E-state index in [0.29, 0.717) is 5.92 Å². The molecular formula is C14H20. The molecule has 0 fully saturated rings. The van der Waals surface area contributed by atoms with Crippen molar-refractivity contribution in [2.45, 2.75) is 33.6 Å². The fourth-order valence-electron chi connectivity index (χ4n) is 1.94. The van der Waals surface area contributed by atoms with E-state index in [1.165, 1.54) is 12.0 Å². The van der Waals surface area contributed by atoms with Crippen LogP contribution in [0.1, 0.15) is 32.8 Å². The molecule has 0 aliphatic carbocycles. The van der Waals surface area contributed by atoms with Crippen LogP contribution in [-0.4, -0.2) is 0 Å². The van der Waals surface area contributed by atoms with E-state index in [0.717, 1.165) is 6.42 Å². The summed E-state index contributed by atoms with van der Waals surface area (Å²) in [5, 5.41) is 0. The molecule has 0 spiro atoms. The zero-order valence-electron chi connectivity index (χ0n) is 9.46. The zero-order valence-corrected chi connectivity index (χ0v) is 9.46. The summed E-state index contributed by atoms with van der Waals surface area (Å²) >= 11 is 0. The molecule has 76 valence electrons. The molecule has 14 heavy (non-hydrogen) atoms. The Balaban J connectivity index is 2.61. The molecule has 0 bridgehead atoms. The molecule has 0 saturated carbocycles. The minimum Gasteiger partial charge on any atom is -0.0882 e. The molecule has 0 aromatic heterocycles. The summed E-state index contributed by atoms with van der Waals surface area (Å²) in [7, 11) is 0. The van der Waals surface area contributed by atoms with Crippen LogP contribution in [0.25, 0.3) is 0 Å². The van der Waals surface area contributed by atoms with Crippen molar-refractivity contribution in [3.05, 3.63) is 47.5 Å². The Morgan fingerprint density at radius 1 is 1.29 bits per heavy atom. The monoisotopic (exact) mass is 188 g/mol. The van der Waals surface area contributed by atoms with E-state index in [4.69, 9.17) is 0 Å². The molecule has 0 amide bonds. The van der Waals surface area contributed by atoms with Gasteiger partial charge in [-0.1, -0.05) is 55.8 Å². The van der Waals surface area contributed by atoms with Gasteiger partial charge in [0.15, 0.2) is 0 Å². The highest BCUT2D eigenvalue weighted by molar-refractivity contribution is 5.18. The van der Waals surface area contributed by atoms with Gasteiger partial charge in [-0.05, 0) is 31.2 Å². The minimum absolute atomic E-state index is 0.674. The number of hydrogen-bond donors (Lipinski definition) is 0. The first-order chi connectivity index (χ1) is 6.77. The third-order valence-electron chi connectivity index (χ3n) is 2.80. The van der Waals surface area contributed by atoms with E-state index in [1.807, 2.05) is 0 Å². The summed E-state index contributed by atoms with van der Waals surface area (Å²) < 4.78 is 0. The van der Waals surface area contributed by atoms with Gasteiger partial charge < -0.3 is 0 Å². The predicted octanol–water partition coefficient (Wildman–Crippen LogP) is 4.22. The summed E-state index contributed by atoms with van der Waals surface area (Å²) in [6, 6.07) is 10.7. The van der Waals surface area contributed by atoms with Crippen molar-refractivity contribution in [1.29, 1.82) is 0 Å². The fraction of sp³-hybridized carbons (Fsp3) is 0.429. The van der Waals surface area contributed by atoms with Gasteiger partial charge in [0, 0.05) is 0 Å². The maximum Gasteiger partial charge on any atom is -0.0191 e. The fourth-order valence-corrected chi connectivity index (χ4v) is 1.94. The van der Waals surface area contributed by atoms with Gasteiger partial charge in [0.05, 0.1) is 0 Å². The first kappa shape index (κ1) is 11.0. The van der Waals surface area contributed by atoms with Crippen LogP contribution in [0.15, 0.2) is 42.0 Å². The van der Waals surface area contributed by atoms with Crippen LogP contribution in [0.2, 0.25) is 0 Å². The standard InChI is InChI=1S/C14H20/c1-4-14(5-2)12(3)11-13-9-7-6-8-10-13/h4,6-10,12H,5,11H2,1-3H3/b14-4-/t12-/m1/s1. The second-order valence-electron chi connectivity index (χ2n) is 3.81. The van der Waals surface area contributed by atoms with Crippen molar-refractivity contribution in [1.82, 2.24) is 0 Å². The van der Waals surface area contributed by atoms with Gasteiger partial charge in [-0.2, -0.15) is 0 Å². The molecule has 1 rings (SSSR count). The molecule has 0 N–H and O–H groups in total. The molecule has 1 aromatic carbocycles. The molecule has 1 atom stereocenters. The molecule has 0 heteroatoms. The van der Waals surface area contributed by atoms with E-state index in [-0.39, 0.29) is 0 Å². The zero-order chi connectivity index (χ0) is 10.4. The second-order valence-corrected chi connectivity index (χ2v) is 3.81. The summed E-state index contributed by atoms with van der Waals surface area (Å²) in [4.78, 5) is 0. The smallest absolute Gasteiger partial charge is 0.0191 e. The van der Waals surface area contributed by atoms with Crippen molar-refractivity contribution in [2.24, 2.45) is 5.92 Å². The minimum atomic E-state index is 0.674. The van der Waals surface area contributed by atoms with Crippen molar-refractivity contribution in [3.63, 3.8) is 0 Å². The molecule has 0 aliphatic heterocycles. The number of benzene rings is 1. The second kappa shape index (κ2) is 5.64. The third kappa shape index (κ3) is 3.02. The van der Waals surface area contributed by atoms with Crippen LogP contribution in [-0.2, 0) is 6.42 Å². The molecule has 0 nitrogen and oxygen atoms in total. The van der Waals surface area contributed by atoms with Crippen molar-refractivity contribution < 1.29 is 0 Å². The van der Waals surface area contributed by atoms with Gasteiger partial charge in [0.25, 0.3) is 0 Å². The molecule has 0 heterocycles. The first-order valence-corrected chi connectivity index (χ1v) is 5.47.